The zero-order chi connectivity index (χ0) is 18.5. The fraction of sp³-hybridized carbons (Fsp3) is 0.0476. The van der Waals surface area contributed by atoms with E-state index in [2.05, 4.69) is 5.32 Å². The predicted octanol–water partition coefficient (Wildman–Crippen LogP) is 4.89. The van der Waals surface area contributed by atoms with Crippen molar-refractivity contribution in [1.82, 2.24) is 0 Å². The van der Waals surface area contributed by atoms with Crippen molar-refractivity contribution < 1.29 is 14.7 Å². The van der Waals surface area contributed by atoms with E-state index >= 15 is 0 Å². The maximum absolute atomic E-state index is 12.3. The van der Waals surface area contributed by atoms with Gasteiger partial charge in [0.05, 0.1) is 17.7 Å². The summed E-state index contributed by atoms with van der Waals surface area (Å²) in [5.74, 6) is -1.43. The summed E-state index contributed by atoms with van der Waals surface area (Å²) < 4.78 is 0. The second-order valence-corrected chi connectivity index (χ2v) is 6.22. The van der Waals surface area contributed by atoms with E-state index in [4.69, 9.17) is 11.6 Å². The largest absolute Gasteiger partial charge is 0.478 e. The molecule has 4 nitrogen and oxygen atoms in total. The van der Waals surface area contributed by atoms with Gasteiger partial charge >= 0.3 is 5.97 Å². The molecule has 1 amide bonds. The Balaban J connectivity index is 1.70. The fourth-order valence-corrected chi connectivity index (χ4v) is 2.80. The molecule has 0 aliphatic carbocycles. The molecule has 0 aliphatic rings. The lowest BCUT2D eigenvalue weighted by atomic mass is 10.0. The zero-order valence-electron chi connectivity index (χ0n) is 13.8. The summed E-state index contributed by atoms with van der Waals surface area (Å²) in [5, 5.41) is 12.2. The number of anilines is 1. The van der Waals surface area contributed by atoms with E-state index in [0.717, 1.165) is 16.7 Å². The number of carboxylic acid groups (broad SMARTS) is 1. The van der Waals surface area contributed by atoms with Crippen LogP contribution >= 0.6 is 11.6 Å². The van der Waals surface area contributed by atoms with Crippen LogP contribution in [0.3, 0.4) is 0 Å². The SMILES string of the molecule is O=C(Cc1ccc(-c2ccccc2)cc1)Nc1ccc(Cl)cc1C(=O)O. The van der Waals surface area contributed by atoms with Crippen LogP contribution in [0.25, 0.3) is 11.1 Å². The van der Waals surface area contributed by atoms with Crippen LogP contribution in [0, 0.1) is 0 Å². The molecule has 3 aromatic rings. The first-order valence-corrected chi connectivity index (χ1v) is 8.38. The number of hydrogen-bond acceptors (Lipinski definition) is 2. The predicted molar refractivity (Wildman–Crippen MR) is 103 cm³/mol. The van der Waals surface area contributed by atoms with E-state index < -0.39 is 5.97 Å². The van der Waals surface area contributed by atoms with E-state index in [0.29, 0.717) is 5.02 Å². The molecule has 2 N–H and O–H groups in total. The highest BCUT2D eigenvalue weighted by Crippen LogP contribution is 2.22. The van der Waals surface area contributed by atoms with Gasteiger partial charge in [0, 0.05) is 5.02 Å². The van der Waals surface area contributed by atoms with Crippen LogP contribution < -0.4 is 5.32 Å². The molecule has 5 heteroatoms. The third kappa shape index (κ3) is 4.29. The normalized spacial score (nSPS) is 10.3. The van der Waals surface area contributed by atoms with Gasteiger partial charge in [-0.05, 0) is 34.9 Å². The van der Waals surface area contributed by atoms with Crippen LogP contribution in [0.5, 0.6) is 0 Å². The first kappa shape index (κ1) is 17.7. The van der Waals surface area contributed by atoms with Gasteiger partial charge in [-0.2, -0.15) is 0 Å². The van der Waals surface area contributed by atoms with Crippen LogP contribution in [0.15, 0.2) is 72.8 Å². The van der Waals surface area contributed by atoms with Crippen molar-refractivity contribution in [1.29, 1.82) is 0 Å². The molecule has 0 aliphatic heterocycles. The monoisotopic (exact) mass is 365 g/mol. The topological polar surface area (TPSA) is 66.4 Å². The highest BCUT2D eigenvalue weighted by molar-refractivity contribution is 6.31. The lowest BCUT2D eigenvalue weighted by Gasteiger charge is -2.09. The quantitative estimate of drug-likeness (QED) is 0.676. The number of halogens is 1. The number of carbonyl (C=O) groups is 2. The van der Waals surface area contributed by atoms with Gasteiger partial charge in [-0.25, -0.2) is 4.79 Å². The van der Waals surface area contributed by atoms with Crippen LogP contribution in [0.1, 0.15) is 15.9 Å². The maximum atomic E-state index is 12.3. The maximum Gasteiger partial charge on any atom is 0.337 e. The third-order valence-electron chi connectivity index (χ3n) is 3.91. The number of carbonyl (C=O) groups excluding carboxylic acids is 1. The van der Waals surface area contributed by atoms with Crippen molar-refractivity contribution in [2.75, 3.05) is 5.32 Å². The Labute approximate surface area is 156 Å². The van der Waals surface area contributed by atoms with Gasteiger partial charge in [-0.15, -0.1) is 0 Å². The smallest absolute Gasteiger partial charge is 0.337 e. The molecule has 0 aromatic heterocycles. The number of benzene rings is 3. The van der Waals surface area contributed by atoms with Crippen molar-refractivity contribution in [3.63, 3.8) is 0 Å². The highest BCUT2D eigenvalue weighted by Gasteiger charge is 2.13. The van der Waals surface area contributed by atoms with Crippen LogP contribution in [0.2, 0.25) is 5.02 Å². The number of amides is 1. The van der Waals surface area contributed by atoms with Gasteiger partial charge in [-0.3, -0.25) is 4.79 Å². The van der Waals surface area contributed by atoms with Gasteiger partial charge < -0.3 is 10.4 Å². The number of aromatic carboxylic acids is 1. The van der Waals surface area contributed by atoms with Crippen LogP contribution in [-0.2, 0) is 11.2 Å². The van der Waals surface area contributed by atoms with E-state index in [9.17, 15) is 14.7 Å². The number of hydrogen-bond donors (Lipinski definition) is 2. The van der Waals surface area contributed by atoms with Crippen molar-refractivity contribution in [2.24, 2.45) is 0 Å². The first-order chi connectivity index (χ1) is 12.5. The van der Waals surface area contributed by atoms with Crippen LogP contribution in [-0.4, -0.2) is 17.0 Å². The molecule has 0 atom stereocenters. The minimum Gasteiger partial charge on any atom is -0.478 e. The lowest BCUT2D eigenvalue weighted by Crippen LogP contribution is -2.16. The minimum atomic E-state index is -1.14. The van der Waals surface area contributed by atoms with Gasteiger partial charge in [0.2, 0.25) is 5.91 Å². The highest BCUT2D eigenvalue weighted by atomic mass is 35.5. The van der Waals surface area contributed by atoms with E-state index in [1.54, 1.807) is 0 Å². The average Bonchev–Trinajstić information content (AvgIpc) is 2.64. The van der Waals surface area contributed by atoms with Crippen molar-refractivity contribution in [3.05, 3.63) is 88.9 Å². The van der Waals surface area contributed by atoms with Crippen molar-refractivity contribution >= 4 is 29.2 Å². The second-order valence-electron chi connectivity index (χ2n) is 5.78. The summed E-state index contributed by atoms with van der Waals surface area (Å²) in [6.07, 6.45) is 0.150. The van der Waals surface area contributed by atoms with Crippen molar-refractivity contribution in [3.8, 4) is 11.1 Å². The second kappa shape index (κ2) is 7.85. The summed E-state index contributed by atoms with van der Waals surface area (Å²) >= 11 is 5.82. The Kier molecular flexibility index (Phi) is 5.34. The minimum absolute atomic E-state index is 0.0368. The number of rotatable bonds is 5. The summed E-state index contributed by atoms with van der Waals surface area (Å²) in [7, 11) is 0. The van der Waals surface area contributed by atoms with Gasteiger partial charge in [0.15, 0.2) is 0 Å². The standard InChI is InChI=1S/C21H16ClNO3/c22-17-10-11-19(18(13-17)21(25)26)23-20(24)12-14-6-8-16(9-7-14)15-4-2-1-3-5-15/h1-11,13H,12H2,(H,23,24)(H,25,26). The molecule has 0 fully saturated rings. The van der Waals surface area contributed by atoms with Gasteiger partial charge in [0.1, 0.15) is 0 Å². The summed E-state index contributed by atoms with van der Waals surface area (Å²) in [4.78, 5) is 23.5. The summed E-state index contributed by atoms with van der Waals surface area (Å²) in [6, 6.07) is 22.0. The molecule has 0 bridgehead atoms. The van der Waals surface area contributed by atoms with E-state index in [1.165, 1.54) is 18.2 Å². The third-order valence-corrected chi connectivity index (χ3v) is 4.15. The molecule has 0 saturated heterocycles. The van der Waals surface area contributed by atoms with E-state index in [1.807, 2.05) is 54.6 Å². The lowest BCUT2D eigenvalue weighted by molar-refractivity contribution is -0.115. The molecule has 0 heterocycles. The molecular formula is C21H16ClNO3. The molecule has 130 valence electrons. The van der Waals surface area contributed by atoms with E-state index in [-0.39, 0.29) is 23.6 Å². The summed E-state index contributed by atoms with van der Waals surface area (Å²) in [5.41, 5.74) is 3.21. The Morgan fingerprint density at radius 3 is 2.19 bits per heavy atom. The van der Waals surface area contributed by atoms with Crippen molar-refractivity contribution in [2.45, 2.75) is 6.42 Å². The molecule has 26 heavy (non-hydrogen) atoms. The molecule has 0 unspecified atom stereocenters. The Bertz CT molecular complexity index is 937. The van der Waals surface area contributed by atoms with Gasteiger partial charge in [-0.1, -0.05) is 66.2 Å². The molecule has 0 radical (unpaired) electrons. The van der Waals surface area contributed by atoms with Gasteiger partial charge in [0.25, 0.3) is 0 Å². The molecule has 3 rings (SSSR count). The Hall–Kier alpha value is -3.11. The molecule has 3 aromatic carbocycles. The molecule has 0 spiro atoms. The average molecular weight is 366 g/mol. The molecule has 0 saturated carbocycles. The number of carboxylic acids is 1. The Morgan fingerprint density at radius 1 is 0.885 bits per heavy atom. The summed E-state index contributed by atoms with van der Waals surface area (Å²) in [6.45, 7) is 0. The number of nitrogens with one attached hydrogen (secondary N) is 1. The molecular weight excluding hydrogens is 350 g/mol. The zero-order valence-corrected chi connectivity index (χ0v) is 14.5. The first-order valence-electron chi connectivity index (χ1n) is 8.00. The van der Waals surface area contributed by atoms with Crippen LogP contribution in [0.4, 0.5) is 5.69 Å². The fourth-order valence-electron chi connectivity index (χ4n) is 2.63. The Morgan fingerprint density at radius 2 is 1.54 bits per heavy atom.